The number of nitrogens with zero attached hydrogens (tertiary/aromatic N) is 2. The first kappa shape index (κ1) is 36.0. The standard InChI is InChI=1S/C54H56N4Si2/c1-59(2,3)25-23-37-51-47-33-15-7-29(8-16-33)43(47)39(55-51)27-41-45-31-11-19-35(20-12-31)49(45)53(57-41)38(24-26-60(4,5)6)54-50-36-21-13-32(14-22-36)46(50)42(58-54)28-40-44-30-9-17-34(18-10-30)48(44)52(37)56-40/h7,9,11,13,15,17,19,21,23,25,27-36,55-56H,8,10,12,14,16,18,20,22H2,1-6H3/b25-23-,39-27?,40-28?,41-27?,42-28?,51-37?,52-37?,53-38?,54-38?. The molecule has 0 amide bonds. The zero-order valence-corrected chi connectivity index (χ0v) is 38.1. The molecular formula is C54H56N4Si2. The van der Waals surface area contributed by atoms with Gasteiger partial charge in [0.2, 0.25) is 0 Å². The van der Waals surface area contributed by atoms with E-state index in [4.69, 9.17) is 9.97 Å². The van der Waals surface area contributed by atoms with Crippen LogP contribution in [0.25, 0.3) is 50.4 Å². The molecule has 3 aromatic heterocycles. The molecule has 3 aromatic rings. The minimum atomic E-state index is -1.76. The van der Waals surface area contributed by atoms with Crippen molar-refractivity contribution in [3.05, 3.63) is 123 Å². The lowest BCUT2D eigenvalue weighted by atomic mass is 9.69. The van der Waals surface area contributed by atoms with Crippen LogP contribution in [0.3, 0.4) is 0 Å². The molecule has 8 unspecified atom stereocenters. The van der Waals surface area contributed by atoms with E-state index < -0.39 is 16.1 Å². The second kappa shape index (κ2) is 12.4. The Morgan fingerprint density at radius 3 is 1.28 bits per heavy atom. The van der Waals surface area contributed by atoms with Gasteiger partial charge in [-0.1, -0.05) is 106 Å². The first-order chi connectivity index (χ1) is 29.0. The van der Waals surface area contributed by atoms with Gasteiger partial charge in [-0.3, -0.25) is 0 Å². The average molecular weight is 817 g/mol. The van der Waals surface area contributed by atoms with Crippen LogP contribution in [-0.2, 0) is 0 Å². The number of hydrogen-bond donors (Lipinski definition) is 2. The maximum Gasteiger partial charge on any atom is 0.129 e. The van der Waals surface area contributed by atoms with Crippen LogP contribution in [0.1, 0.15) is 131 Å². The summed E-state index contributed by atoms with van der Waals surface area (Å²) in [6.45, 7) is 14.5. The number of nitrogens with one attached hydrogen (secondary N) is 2. The summed E-state index contributed by atoms with van der Waals surface area (Å²) < 4.78 is 0. The van der Waals surface area contributed by atoms with Crippen LogP contribution in [0.2, 0.25) is 39.3 Å². The third-order valence-electron chi connectivity index (χ3n) is 15.6. The molecule has 0 aromatic carbocycles. The highest BCUT2D eigenvalue weighted by molar-refractivity contribution is 6.84. The monoisotopic (exact) mass is 816 g/mol. The van der Waals surface area contributed by atoms with Crippen LogP contribution < -0.4 is 0 Å². The fourth-order valence-electron chi connectivity index (χ4n) is 13.0. The Morgan fingerprint density at radius 1 is 0.517 bits per heavy atom. The number of hydrogen-bond acceptors (Lipinski definition) is 2. The van der Waals surface area contributed by atoms with E-state index in [1.807, 2.05) is 0 Å². The molecule has 6 heteroatoms. The third kappa shape index (κ3) is 5.21. The van der Waals surface area contributed by atoms with Crippen molar-refractivity contribution < 1.29 is 0 Å². The highest BCUT2D eigenvalue weighted by Gasteiger charge is 2.43. The minimum absolute atomic E-state index is 0.360. The van der Waals surface area contributed by atoms with E-state index in [1.54, 1.807) is 0 Å². The largest absolute Gasteiger partial charge is 0.354 e. The highest BCUT2D eigenvalue weighted by Crippen LogP contribution is 2.57. The first-order valence-electron chi connectivity index (χ1n) is 23.3. The second-order valence-electron chi connectivity index (χ2n) is 21.8. The van der Waals surface area contributed by atoms with Crippen LogP contribution in [-0.4, -0.2) is 36.1 Å². The zero-order chi connectivity index (χ0) is 40.4. The van der Waals surface area contributed by atoms with Gasteiger partial charge < -0.3 is 9.97 Å². The minimum Gasteiger partial charge on any atom is -0.354 e. The summed E-state index contributed by atoms with van der Waals surface area (Å²) in [7, 11) is -3.33. The molecule has 17 rings (SSSR count). The Labute approximate surface area is 356 Å². The van der Waals surface area contributed by atoms with E-state index >= 15 is 0 Å². The Hall–Kier alpha value is -4.71. The molecule has 8 atom stereocenters. The number of rotatable bonds is 2. The first-order valence-corrected chi connectivity index (χ1v) is 30.4. The summed E-state index contributed by atoms with van der Waals surface area (Å²) >= 11 is 0. The normalized spacial score (nSPS) is 29.7. The molecule has 14 aliphatic rings. The van der Waals surface area contributed by atoms with E-state index in [-0.39, 0.29) is 0 Å². The van der Waals surface area contributed by atoms with Crippen molar-refractivity contribution in [1.29, 1.82) is 0 Å². The van der Waals surface area contributed by atoms with Gasteiger partial charge in [-0.2, -0.15) is 0 Å². The van der Waals surface area contributed by atoms with Crippen LogP contribution in [0.4, 0.5) is 0 Å². The van der Waals surface area contributed by atoms with Crippen molar-refractivity contribution in [1.82, 2.24) is 19.9 Å². The van der Waals surface area contributed by atoms with Gasteiger partial charge in [0, 0.05) is 63.9 Å². The topological polar surface area (TPSA) is 57.4 Å². The van der Waals surface area contributed by atoms with E-state index in [0.717, 1.165) is 28.3 Å². The van der Waals surface area contributed by atoms with E-state index in [2.05, 4.69) is 133 Å². The van der Waals surface area contributed by atoms with Crippen molar-refractivity contribution in [3.63, 3.8) is 0 Å². The predicted molar refractivity (Wildman–Crippen MR) is 256 cm³/mol. The van der Waals surface area contributed by atoms with Crippen molar-refractivity contribution in [2.45, 2.75) is 114 Å². The molecule has 0 fully saturated rings. The van der Waals surface area contributed by atoms with Crippen LogP contribution in [0.15, 0.2) is 66.4 Å². The van der Waals surface area contributed by atoms with Gasteiger partial charge in [0.05, 0.1) is 47.4 Å². The van der Waals surface area contributed by atoms with Crippen molar-refractivity contribution >= 4 is 66.6 Å². The number of fused-ring (bicyclic) bond motifs is 12. The van der Waals surface area contributed by atoms with Crippen LogP contribution >= 0.6 is 0 Å². The number of aromatic nitrogens is 4. The maximum absolute atomic E-state index is 5.87. The SMILES string of the molecule is C[Si](C)(C)C#Cc1c2nc(cc3[nH]c(c4c3C3C=CC4CC3)c(/C=C\[Si](C)(C)C)c3[nH]c(cc4nc1C1=C4C4C=CC1CC4)c1c3C3C=CC1CC3)C1=C2C2C=CC1CC2. The van der Waals surface area contributed by atoms with Crippen molar-refractivity contribution in [2.24, 2.45) is 23.7 Å². The van der Waals surface area contributed by atoms with Gasteiger partial charge in [0.1, 0.15) is 8.07 Å². The van der Waals surface area contributed by atoms with Gasteiger partial charge in [-0.25, -0.2) is 9.97 Å². The quantitative estimate of drug-likeness (QED) is 0.154. The molecule has 5 heterocycles. The summed E-state index contributed by atoms with van der Waals surface area (Å²) in [5, 5.41) is 0. The van der Waals surface area contributed by atoms with Crippen LogP contribution in [0, 0.1) is 35.1 Å². The fraction of sp³-hybridized carbons (Fsp3) is 0.407. The molecule has 16 bridgehead atoms. The van der Waals surface area contributed by atoms with Crippen molar-refractivity contribution in [2.75, 3.05) is 0 Å². The van der Waals surface area contributed by atoms with Gasteiger partial charge in [0.25, 0.3) is 0 Å². The highest BCUT2D eigenvalue weighted by atomic mass is 28.3. The zero-order valence-electron chi connectivity index (χ0n) is 36.1. The molecule has 0 saturated carbocycles. The van der Waals surface area contributed by atoms with Gasteiger partial charge in [0.15, 0.2) is 0 Å². The summed E-state index contributed by atoms with van der Waals surface area (Å²) in [6, 6.07) is 4.97. The molecule has 300 valence electrons. The molecule has 2 N–H and O–H groups in total. The lowest BCUT2D eigenvalue weighted by Crippen LogP contribution is -2.20. The Balaban J connectivity index is 1.25. The van der Waals surface area contributed by atoms with Gasteiger partial charge >= 0.3 is 0 Å². The molecule has 0 radical (unpaired) electrons. The fourth-order valence-corrected chi connectivity index (χ4v) is 14.2. The summed E-state index contributed by atoms with van der Waals surface area (Å²) in [5.74, 6) is 7.08. The second-order valence-corrected chi connectivity index (χ2v) is 31.6. The van der Waals surface area contributed by atoms with Crippen molar-refractivity contribution in [3.8, 4) is 11.5 Å². The molecule has 0 spiro atoms. The lowest BCUT2D eigenvalue weighted by Gasteiger charge is -2.34. The molecule has 60 heavy (non-hydrogen) atoms. The molecule has 4 nitrogen and oxygen atoms in total. The van der Waals surface area contributed by atoms with Crippen LogP contribution in [0.5, 0.6) is 0 Å². The average Bonchev–Trinajstić information content (AvgIpc) is 4.04. The molecule has 12 aliphatic carbocycles. The van der Waals surface area contributed by atoms with E-state index in [9.17, 15) is 0 Å². The predicted octanol–water partition coefficient (Wildman–Crippen LogP) is 13.5. The van der Waals surface area contributed by atoms with Gasteiger partial charge in [-0.05, 0) is 108 Å². The van der Waals surface area contributed by atoms with E-state index in [1.165, 1.54) is 124 Å². The molecule has 2 aliphatic heterocycles. The van der Waals surface area contributed by atoms with Gasteiger partial charge in [-0.15, -0.1) is 5.54 Å². The third-order valence-corrected chi connectivity index (χ3v) is 17.7. The Kier molecular flexibility index (Phi) is 7.47. The lowest BCUT2D eigenvalue weighted by molar-refractivity contribution is 0.557. The Bertz CT molecular complexity index is 2790. The Morgan fingerprint density at radius 2 is 0.900 bits per heavy atom. The smallest absolute Gasteiger partial charge is 0.129 e. The summed E-state index contributed by atoms with van der Waals surface area (Å²) in [4.78, 5) is 20.3. The summed E-state index contributed by atoms with van der Waals surface area (Å²) in [5.41, 5.74) is 30.4. The molecule has 0 saturated heterocycles. The number of aromatic amines is 2. The molecular weight excluding hydrogens is 761 g/mol. The number of H-pyrrole nitrogens is 2. The maximum atomic E-state index is 5.87. The van der Waals surface area contributed by atoms with E-state index in [0.29, 0.717) is 47.3 Å². The summed E-state index contributed by atoms with van der Waals surface area (Å²) in [6.07, 6.45) is 32.2. The number of allylic oxidation sites excluding steroid dienone is 12.